The van der Waals surface area contributed by atoms with E-state index in [1.807, 2.05) is 72.5 Å². The smallest absolute Gasteiger partial charge is 0.253 e. The zero-order valence-corrected chi connectivity index (χ0v) is 15.1. The number of amides is 2. The first kappa shape index (κ1) is 18.1. The van der Waals surface area contributed by atoms with Gasteiger partial charge in [0.25, 0.3) is 5.91 Å². The Kier molecular flexibility index (Phi) is 6.02. The normalized spacial score (nSPS) is 16.1. The predicted molar refractivity (Wildman–Crippen MR) is 102 cm³/mol. The zero-order chi connectivity index (χ0) is 18.4. The Morgan fingerprint density at radius 3 is 2.12 bits per heavy atom. The topological polar surface area (TPSA) is 52.7 Å². The van der Waals surface area contributed by atoms with E-state index in [-0.39, 0.29) is 17.9 Å². The van der Waals surface area contributed by atoms with Crippen molar-refractivity contribution in [3.8, 4) is 0 Å². The van der Waals surface area contributed by atoms with Gasteiger partial charge in [-0.05, 0) is 24.6 Å². The molecule has 1 aliphatic rings. The summed E-state index contributed by atoms with van der Waals surface area (Å²) in [6, 6.07) is 19.0. The second kappa shape index (κ2) is 8.63. The second-order valence-corrected chi connectivity index (χ2v) is 6.57. The third kappa shape index (κ3) is 4.49. The van der Waals surface area contributed by atoms with E-state index in [4.69, 9.17) is 0 Å². The van der Waals surface area contributed by atoms with Gasteiger partial charge in [0.1, 0.15) is 0 Å². The van der Waals surface area contributed by atoms with Crippen molar-refractivity contribution in [3.63, 3.8) is 0 Å². The number of carbonyl (C=O) groups excluding carboxylic acids is 2. The van der Waals surface area contributed by atoms with Crippen molar-refractivity contribution in [2.45, 2.75) is 19.5 Å². The van der Waals surface area contributed by atoms with Crippen molar-refractivity contribution >= 4 is 11.8 Å². The molecular weight excluding hydrogens is 326 g/mol. The molecule has 0 spiro atoms. The summed E-state index contributed by atoms with van der Waals surface area (Å²) in [6.07, 6.45) is 0. The van der Waals surface area contributed by atoms with E-state index < -0.39 is 0 Å². The van der Waals surface area contributed by atoms with E-state index in [9.17, 15) is 9.59 Å². The van der Waals surface area contributed by atoms with Gasteiger partial charge in [-0.3, -0.25) is 14.5 Å². The first-order valence-electron chi connectivity index (χ1n) is 9.05. The number of nitrogens with one attached hydrogen (secondary N) is 1. The van der Waals surface area contributed by atoms with Gasteiger partial charge < -0.3 is 10.2 Å². The summed E-state index contributed by atoms with van der Waals surface area (Å²) >= 11 is 0. The van der Waals surface area contributed by atoms with E-state index >= 15 is 0 Å². The first-order chi connectivity index (χ1) is 12.6. The molecule has 1 saturated heterocycles. The van der Waals surface area contributed by atoms with Gasteiger partial charge >= 0.3 is 0 Å². The molecule has 0 unspecified atom stereocenters. The lowest BCUT2D eigenvalue weighted by Gasteiger charge is -2.37. The minimum atomic E-state index is -0.201. The maximum Gasteiger partial charge on any atom is 0.253 e. The third-order valence-corrected chi connectivity index (χ3v) is 4.86. The highest BCUT2D eigenvalue weighted by atomic mass is 16.2. The van der Waals surface area contributed by atoms with Gasteiger partial charge in [0, 0.05) is 38.3 Å². The largest absolute Gasteiger partial charge is 0.351 e. The molecule has 5 heteroatoms. The van der Waals surface area contributed by atoms with Crippen molar-refractivity contribution in [3.05, 3.63) is 71.8 Å². The fourth-order valence-electron chi connectivity index (χ4n) is 3.17. The quantitative estimate of drug-likeness (QED) is 0.898. The molecule has 26 heavy (non-hydrogen) atoms. The van der Waals surface area contributed by atoms with Crippen LogP contribution in [0.15, 0.2) is 60.7 Å². The lowest BCUT2D eigenvalue weighted by atomic mass is 10.1. The molecule has 0 saturated carbocycles. The van der Waals surface area contributed by atoms with Gasteiger partial charge in [-0.25, -0.2) is 0 Å². The van der Waals surface area contributed by atoms with Crippen LogP contribution in [0, 0.1) is 0 Å². The molecule has 0 aromatic heterocycles. The first-order valence-corrected chi connectivity index (χ1v) is 9.05. The van der Waals surface area contributed by atoms with E-state index in [1.165, 1.54) is 0 Å². The van der Waals surface area contributed by atoms with Crippen LogP contribution in [-0.4, -0.2) is 53.8 Å². The Labute approximate surface area is 154 Å². The molecule has 2 amide bonds. The van der Waals surface area contributed by atoms with Gasteiger partial charge in [-0.2, -0.15) is 0 Å². The molecule has 0 aliphatic carbocycles. The zero-order valence-electron chi connectivity index (χ0n) is 15.1. The molecule has 5 nitrogen and oxygen atoms in total. The fourth-order valence-corrected chi connectivity index (χ4v) is 3.17. The Morgan fingerprint density at radius 1 is 0.923 bits per heavy atom. The Balaban J connectivity index is 1.48. The molecule has 136 valence electrons. The van der Waals surface area contributed by atoms with Crippen molar-refractivity contribution in [1.29, 1.82) is 0 Å². The Hall–Kier alpha value is -2.66. The number of benzene rings is 2. The van der Waals surface area contributed by atoms with E-state index in [1.54, 1.807) is 0 Å². The molecule has 0 bridgehead atoms. The highest BCUT2D eigenvalue weighted by Gasteiger charge is 2.27. The summed E-state index contributed by atoms with van der Waals surface area (Å²) in [4.78, 5) is 28.9. The highest BCUT2D eigenvalue weighted by molar-refractivity contribution is 5.94. The van der Waals surface area contributed by atoms with Crippen molar-refractivity contribution in [2.75, 3.05) is 26.2 Å². The second-order valence-electron chi connectivity index (χ2n) is 6.57. The molecule has 1 N–H and O–H groups in total. The minimum absolute atomic E-state index is 0.0247. The summed E-state index contributed by atoms with van der Waals surface area (Å²) < 4.78 is 0. The van der Waals surface area contributed by atoms with Crippen LogP contribution in [0.5, 0.6) is 0 Å². The van der Waals surface area contributed by atoms with Crippen LogP contribution in [0.4, 0.5) is 0 Å². The van der Waals surface area contributed by atoms with Gasteiger partial charge in [0.15, 0.2) is 0 Å². The minimum Gasteiger partial charge on any atom is -0.351 e. The number of hydrogen-bond donors (Lipinski definition) is 1. The molecule has 1 atom stereocenters. The van der Waals surface area contributed by atoms with Gasteiger partial charge in [-0.15, -0.1) is 0 Å². The van der Waals surface area contributed by atoms with E-state index in [0.29, 0.717) is 32.7 Å². The standard InChI is InChI=1S/C21H25N3O2/c1-17(20(25)22-16-18-8-4-2-5-9-18)23-12-14-24(15-13-23)21(26)19-10-6-3-7-11-19/h2-11,17H,12-16H2,1H3,(H,22,25)/t17-/m1/s1. The predicted octanol–water partition coefficient (Wildman–Crippen LogP) is 2.15. The Morgan fingerprint density at radius 2 is 1.50 bits per heavy atom. The molecule has 2 aromatic rings. The Bertz CT molecular complexity index is 725. The van der Waals surface area contributed by atoms with Crippen molar-refractivity contribution in [1.82, 2.24) is 15.1 Å². The maximum atomic E-state index is 12.5. The average molecular weight is 351 g/mol. The highest BCUT2D eigenvalue weighted by Crippen LogP contribution is 2.11. The molecule has 1 fully saturated rings. The molecule has 0 radical (unpaired) electrons. The van der Waals surface area contributed by atoms with Gasteiger partial charge in [-0.1, -0.05) is 48.5 Å². The molecule has 1 aliphatic heterocycles. The van der Waals surface area contributed by atoms with Crippen LogP contribution in [0.1, 0.15) is 22.8 Å². The summed E-state index contributed by atoms with van der Waals surface area (Å²) in [5.41, 5.74) is 1.81. The summed E-state index contributed by atoms with van der Waals surface area (Å²) in [7, 11) is 0. The van der Waals surface area contributed by atoms with Gasteiger partial charge in [0.05, 0.1) is 6.04 Å². The lowest BCUT2D eigenvalue weighted by Crippen LogP contribution is -2.54. The molecule has 1 heterocycles. The molecular formula is C21H25N3O2. The summed E-state index contributed by atoms with van der Waals surface area (Å²) in [6.45, 7) is 5.16. The maximum absolute atomic E-state index is 12.5. The number of piperazine rings is 1. The molecule has 2 aromatic carbocycles. The van der Waals surface area contributed by atoms with Gasteiger partial charge in [0.2, 0.25) is 5.91 Å². The van der Waals surface area contributed by atoms with E-state index in [0.717, 1.165) is 11.1 Å². The lowest BCUT2D eigenvalue weighted by molar-refractivity contribution is -0.126. The van der Waals surface area contributed by atoms with Crippen LogP contribution in [-0.2, 0) is 11.3 Å². The van der Waals surface area contributed by atoms with Crippen LogP contribution in [0.3, 0.4) is 0 Å². The van der Waals surface area contributed by atoms with Crippen LogP contribution < -0.4 is 5.32 Å². The van der Waals surface area contributed by atoms with E-state index in [2.05, 4.69) is 10.2 Å². The van der Waals surface area contributed by atoms with Crippen LogP contribution in [0.2, 0.25) is 0 Å². The SMILES string of the molecule is C[C@H](C(=O)NCc1ccccc1)N1CCN(C(=O)c2ccccc2)CC1. The van der Waals surface area contributed by atoms with Crippen LogP contribution in [0.25, 0.3) is 0 Å². The number of nitrogens with zero attached hydrogens (tertiary/aromatic N) is 2. The number of rotatable bonds is 5. The number of hydrogen-bond acceptors (Lipinski definition) is 3. The summed E-state index contributed by atoms with van der Waals surface area (Å²) in [5, 5.41) is 2.99. The van der Waals surface area contributed by atoms with Crippen molar-refractivity contribution < 1.29 is 9.59 Å². The fraction of sp³-hybridized carbons (Fsp3) is 0.333. The van der Waals surface area contributed by atoms with Crippen LogP contribution >= 0.6 is 0 Å². The van der Waals surface area contributed by atoms with Crippen molar-refractivity contribution in [2.24, 2.45) is 0 Å². The molecule has 3 rings (SSSR count). The average Bonchev–Trinajstić information content (AvgIpc) is 2.72. The monoisotopic (exact) mass is 351 g/mol. The summed E-state index contributed by atoms with van der Waals surface area (Å²) in [5.74, 6) is 0.0862. The number of carbonyl (C=O) groups is 2. The third-order valence-electron chi connectivity index (χ3n) is 4.86.